The van der Waals surface area contributed by atoms with Crippen LogP contribution in [-0.4, -0.2) is 27.1 Å². The van der Waals surface area contributed by atoms with E-state index in [2.05, 4.69) is 14.9 Å². The molecule has 0 aliphatic heterocycles. The second-order valence-corrected chi connectivity index (χ2v) is 8.82. The van der Waals surface area contributed by atoms with Gasteiger partial charge in [-0.05, 0) is 52.0 Å². The number of carbonyl (C=O) groups is 2. The average Bonchev–Trinajstić information content (AvgIpc) is 3.14. The zero-order valence-electron chi connectivity index (χ0n) is 16.2. The molecule has 0 fully saturated rings. The maximum atomic E-state index is 13.1. The fraction of sp³-hybridized carbons (Fsp3) is 0.250. The van der Waals surface area contributed by atoms with Gasteiger partial charge in [-0.1, -0.05) is 23.0 Å². The molecule has 8 heteroatoms. The number of hydrogen-bond donors (Lipinski definition) is 2. The Balaban J connectivity index is 1.91. The maximum absolute atomic E-state index is 13.1. The van der Waals surface area contributed by atoms with Crippen molar-refractivity contribution in [3.8, 4) is 5.69 Å². The van der Waals surface area contributed by atoms with E-state index in [1.165, 1.54) is 23.1 Å². The molecule has 0 atom stereocenters. The number of aryl methyl sites for hydroxylation is 4. The average molecular weight is 415 g/mol. The number of aromatic nitrogens is 2. The van der Waals surface area contributed by atoms with Gasteiger partial charge >= 0.3 is 0 Å². The van der Waals surface area contributed by atoms with Gasteiger partial charge in [0, 0.05) is 11.4 Å². The summed E-state index contributed by atoms with van der Waals surface area (Å²) in [7, 11) is 0. The highest BCUT2D eigenvalue weighted by atomic mass is 32.2. The minimum absolute atomic E-state index is 0.185. The molecule has 0 spiro atoms. The fourth-order valence-electron chi connectivity index (χ4n) is 2.95. The van der Waals surface area contributed by atoms with Crippen molar-refractivity contribution in [1.82, 2.24) is 9.55 Å². The first-order chi connectivity index (χ1) is 13.3. The van der Waals surface area contributed by atoms with Crippen molar-refractivity contribution in [2.24, 2.45) is 5.73 Å². The largest absolute Gasteiger partial charge is 0.369 e. The molecule has 146 valence electrons. The molecule has 0 bridgehead atoms. The topological polar surface area (TPSA) is 90.0 Å². The maximum Gasteiger partial charge on any atom is 0.259 e. The minimum Gasteiger partial charge on any atom is -0.369 e. The predicted octanol–water partition coefficient (Wildman–Crippen LogP) is 4.00. The van der Waals surface area contributed by atoms with Crippen LogP contribution >= 0.6 is 23.1 Å². The highest BCUT2D eigenvalue weighted by Crippen LogP contribution is 2.32. The second-order valence-electron chi connectivity index (χ2n) is 6.57. The number of rotatable bonds is 6. The molecular weight excluding hydrogens is 392 g/mol. The highest BCUT2D eigenvalue weighted by molar-refractivity contribution is 8.01. The number of nitrogens with zero attached hydrogens (tertiary/aromatic N) is 2. The number of thioether (sulfide) groups is 1. The van der Waals surface area contributed by atoms with E-state index in [9.17, 15) is 9.59 Å². The summed E-state index contributed by atoms with van der Waals surface area (Å²) in [5.74, 6) is -0.415. The van der Waals surface area contributed by atoms with Crippen molar-refractivity contribution in [3.05, 3.63) is 58.5 Å². The first-order valence-corrected chi connectivity index (χ1v) is 10.5. The molecule has 2 amide bonds. The molecule has 1 aromatic carbocycles. The van der Waals surface area contributed by atoms with Crippen molar-refractivity contribution in [3.63, 3.8) is 0 Å². The lowest BCUT2D eigenvalue weighted by molar-refractivity contribution is -0.115. The molecule has 6 nitrogen and oxygen atoms in total. The smallest absolute Gasteiger partial charge is 0.259 e. The zero-order chi connectivity index (χ0) is 20.4. The normalized spacial score (nSPS) is 10.9. The van der Waals surface area contributed by atoms with Crippen LogP contribution in [0.1, 0.15) is 33.0 Å². The Morgan fingerprint density at radius 3 is 2.46 bits per heavy atom. The quantitative estimate of drug-likeness (QED) is 0.597. The molecule has 3 aromatic rings. The second kappa shape index (κ2) is 8.20. The number of thiazole rings is 1. The number of benzene rings is 1. The molecule has 28 heavy (non-hydrogen) atoms. The molecule has 0 unspecified atom stereocenters. The third-order valence-electron chi connectivity index (χ3n) is 4.23. The van der Waals surface area contributed by atoms with Crippen LogP contribution in [-0.2, 0) is 4.79 Å². The summed E-state index contributed by atoms with van der Waals surface area (Å²) in [4.78, 5) is 28.5. The summed E-state index contributed by atoms with van der Waals surface area (Å²) in [6.45, 7) is 7.84. The van der Waals surface area contributed by atoms with E-state index in [4.69, 9.17) is 5.73 Å². The lowest BCUT2D eigenvalue weighted by Gasteiger charge is -2.15. The Hall–Kier alpha value is -2.58. The number of amides is 2. The molecule has 2 aromatic heterocycles. The van der Waals surface area contributed by atoms with Crippen LogP contribution in [0.25, 0.3) is 5.69 Å². The van der Waals surface area contributed by atoms with Crippen LogP contribution in [0.5, 0.6) is 0 Å². The van der Waals surface area contributed by atoms with Crippen LogP contribution in [0, 0.1) is 27.7 Å². The van der Waals surface area contributed by atoms with Gasteiger partial charge < -0.3 is 10.3 Å². The lowest BCUT2D eigenvalue weighted by atomic mass is 10.1. The summed E-state index contributed by atoms with van der Waals surface area (Å²) in [6, 6.07) is 9.90. The SMILES string of the molecule is Cc1ccc(-n2c(C)ccc2C)c(C(=O)Nc2nc(C)c(SCC(N)=O)s2)c1. The Morgan fingerprint density at radius 1 is 1.14 bits per heavy atom. The van der Waals surface area contributed by atoms with E-state index in [1.807, 2.05) is 58.0 Å². The van der Waals surface area contributed by atoms with Gasteiger partial charge in [-0.3, -0.25) is 14.9 Å². The Kier molecular flexibility index (Phi) is 5.90. The van der Waals surface area contributed by atoms with Crippen molar-refractivity contribution in [2.75, 3.05) is 11.1 Å². The van der Waals surface area contributed by atoms with Gasteiger partial charge in [-0.2, -0.15) is 0 Å². The van der Waals surface area contributed by atoms with Crippen molar-refractivity contribution in [1.29, 1.82) is 0 Å². The number of hydrogen-bond acceptors (Lipinski definition) is 5. The number of carbonyl (C=O) groups excluding carboxylic acids is 2. The summed E-state index contributed by atoms with van der Waals surface area (Å²) in [5.41, 5.74) is 10.5. The fourth-order valence-corrected chi connectivity index (χ4v) is 4.82. The molecule has 3 rings (SSSR count). The van der Waals surface area contributed by atoms with Gasteiger partial charge in [0.05, 0.1) is 26.9 Å². The number of nitrogens with one attached hydrogen (secondary N) is 1. The first kappa shape index (κ1) is 20.2. The van der Waals surface area contributed by atoms with E-state index in [1.54, 1.807) is 0 Å². The summed E-state index contributed by atoms with van der Waals surface area (Å²) < 4.78 is 2.94. The Morgan fingerprint density at radius 2 is 1.82 bits per heavy atom. The van der Waals surface area contributed by atoms with Crippen LogP contribution in [0.2, 0.25) is 0 Å². The molecule has 3 N–H and O–H groups in total. The van der Waals surface area contributed by atoms with Gasteiger partial charge in [0.15, 0.2) is 5.13 Å². The van der Waals surface area contributed by atoms with Gasteiger partial charge in [-0.25, -0.2) is 4.98 Å². The van der Waals surface area contributed by atoms with Crippen molar-refractivity contribution in [2.45, 2.75) is 31.9 Å². The van der Waals surface area contributed by atoms with Gasteiger partial charge in [0.2, 0.25) is 5.91 Å². The standard InChI is InChI=1S/C20H22N4O2S2/c1-11-5-8-16(24-12(2)6-7-13(24)3)15(9-11)18(26)23-20-22-14(4)19(28-20)27-10-17(21)25/h5-9H,10H2,1-4H3,(H2,21,25)(H,22,23,26). The number of nitrogens with two attached hydrogens (primary N) is 1. The molecule has 0 aliphatic carbocycles. The van der Waals surface area contributed by atoms with E-state index < -0.39 is 0 Å². The van der Waals surface area contributed by atoms with Gasteiger partial charge in [0.25, 0.3) is 5.91 Å². The van der Waals surface area contributed by atoms with Crippen LogP contribution in [0.3, 0.4) is 0 Å². The third-order valence-corrected chi connectivity index (χ3v) is 6.69. The molecule has 0 saturated carbocycles. The summed E-state index contributed by atoms with van der Waals surface area (Å²) >= 11 is 2.68. The number of anilines is 1. The van der Waals surface area contributed by atoms with E-state index in [-0.39, 0.29) is 17.6 Å². The third kappa shape index (κ3) is 4.28. The first-order valence-electron chi connectivity index (χ1n) is 8.72. The molecule has 0 aliphatic rings. The Labute approximate surface area is 172 Å². The van der Waals surface area contributed by atoms with E-state index in [0.717, 1.165) is 32.5 Å². The predicted molar refractivity (Wildman–Crippen MR) is 115 cm³/mol. The van der Waals surface area contributed by atoms with Crippen LogP contribution in [0.4, 0.5) is 5.13 Å². The van der Waals surface area contributed by atoms with Crippen molar-refractivity contribution >= 4 is 40.0 Å². The van der Waals surface area contributed by atoms with Crippen LogP contribution in [0.15, 0.2) is 34.5 Å². The van der Waals surface area contributed by atoms with Crippen molar-refractivity contribution < 1.29 is 9.59 Å². The highest BCUT2D eigenvalue weighted by Gasteiger charge is 2.18. The van der Waals surface area contributed by atoms with Gasteiger partial charge in [-0.15, -0.1) is 11.8 Å². The van der Waals surface area contributed by atoms with E-state index >= 15 is 0 Å². The molecular formula is C20H22N4O2S2. The monoisotopic (exact) mass is 414 g/mol. The van der Waals surface area contributed by atoms with E-state index in [0.29, 0.717) is 10.7 Å². The summed E-state index contributed by atoms with van der Waals surface area (Å²) in [6.07, 6.45) is 0. The zero-order valence-corrected chi connectivity index (χ0v) is 17.8. The number of primary amides is 1. The Bertz CT molecular complexity index is 1030. The van der Waals surface area contributed by atoms with Gasteiger partial charge in [0.1, 0.15) is 0 Å². The molecule has 0 saturated heterocycles. The lowest BCUT2D eigenvalue weighted by Crippen LogP contribution is -2.16. The van der Waals surface area contributed by atoms with Crippen LogP contribution < -0.4 is 11.1 Å². The minimum atomic E-state index is -0.384. The molecule has 0 radical (unpaired) electrons. The molecule has 2 heterocycles. The summed E-state index contributed by atoms with van der Waals surface area (Å²) in [5, 5.41) is 3.40.